The van der Waals surface area contributed by atoms with Crippen molar-refractivity contribution in [1.82, 2.24) is 9.97 Å². The maximum Gasteiger partial charge on any atom is 0.230 e. The fourth-order valence-electron chi connectivity index (χ4n) is 1.69. The van der Waals surface area contributed by atoms with Crippen LogP contribution >= 0.6 is 0 Å². The summed E-state index contributed by atoms with van der Waals surface area (Å²) in [6.07, 6.45) is 1.62. The highest BCUT2D eigenvalue weighted by Gasteiger charge is 2.04. The Morgan fingerprint density at radius 1 is 1.30 bits per heavy atom. The summed E-state index contributed by atoms with van der Waals surface area (Å²) >= 11 is 0. The molecule has 1 aromatic carbocycles. The third-order valence-electron chi connectivity index (χ3n) is 2.62. The second-order valence-electron chi connectivity index (χ2n) is 4.10. The third kappa shape index (κ3) is 3.58. The number of hydrogen-bond acceptors (Lipinski definition) is 6. The summed E-state index contributed by atoms with van der Waals surface area (Å²) in [7, 11) is 1.56. The van der Waals surface area contributed by atoms with Crippen LogP contribution < -0.4 is 14.8 Å². The summed E-state index contributed by atoms with van der Waals surface area (Å²) in [5, 5.41) is 11.8. The van der Waals surface area contributed by atoms with Crippen molar-refractivity contribution >= 4 is 11.6 Å². The lowest BCUT2D eigenvalue weighted by Crippen LogP contribution is -2.03. The van der Waals surface area contributed by atoms with Crippen molar-refractivity contribution in [1.29, 1.82) is 0 Å². The number of ether oxygens (including phenoxy) is 2. The van der Waals surface area contributed by atoms with Crippen LogP contribution in [0.5, 0.6) is 11.6 Å². The zero-order valence-electron chi connectivity index (χ0n) is 11.5. The molecule has 0 saturated heterocycles. The Hall–Kier alpha value is -2.34. The zero-order chi connectivity index (χ0) is 14.4. The summed E-state index contributed by atoms with van der Waals surface area (Å²) in [5.74, 6) is 1.71. The van der Waals surface area contributed by atoms with Crippen molar-refractivity contribution in [2.24, 2.45) is 0 Å². The van der Waals surface area contributed by atoms with Gasteiger partial charge in [0.25, 0.3) is 0 Å². The van der Waals surface area contributed by atoms with Crippen molar-refractivity contribution in [2.75, 3.05) is 25.6 Å². The van der Waals surface area contributed by atoms with Crippen molar-refractivity contribution in [3.8, 4) is 11.6 Å². The van der Waals surface area contributed by atoms with E-state index in [0.717, 1.165) is 17.0 Å². The van der Waals surface area contributed by atoms with Gasteiger partial charge in [0.1, 0.15) is 12.4 Å². The molecule has 2 aromatic rings. The molecule has 20 heavy (non-hydrogen) atoms. The minimum atomic E-state index is -0.00289. The molecule has 0 aliphatic rings. The van der Waals surface area contributed by atoms with Gasteiger partial charge in [0, 0.05) is 18.0 Å². The van der Waals surface area contributed by atoms with E-state index in [2.05, 4.69) is 15.3 Å². The zero-order valence-corrected chi connectivity index (χ0v) is 11.5. The number of hydrogen-bond donors (Lipinski definition) is 2. The van der Waals surface area contributed by atoms with Crippen LogP contribution in [0.4, 0.5) is 11.6 Å². The standard InChI is InChI=1S/C14H17N3O3/c1-10-9-11(3-4-12(10)20-8-7-18)16-14-15-6-5-13(17-14)19-2/h3-6,9,18H,7-8H2,1-2H3,(H,15,16,17). The number of aryl methyl sites for hydroxylation is 1. The van der Waals surface area contributed by atoms with E-state index in [0.29, 0.717) is 11.8 Å². The Morgan fingerprint density at radius 2 is 2.15 bits per heavy atom. The van der Waals surface area contributed by atoms with Gasteiger partial charge in [-0.2, -0.15) is 4.98 Å². The quantitative estimate of drug-likeness (QED) is 0.838. The van der Waals surface area contributed by atoms with Crippen LogP contribution in [0.25, 0.3) is 0 Å². The number of anilines is 2. The highest BCUT2D eigenvalue weighted by Crippen LogP contribution is 2.23. The molecule has 106 valence electrons. The van der Waals surface area contributed by atoms with Crippen LogP contribution in [0.3, 0.4) is 0 Å². The Labute approximate surface area is 117 Å². The average Bonchev–Trinajstić information content (AvgIpc) is 2.47. The van der Waals surface area contributed by atoms with Crippen LogP contribution in [0.2, 0.25) is 0 Å². The number of rotatable bonds is 6. The van der Waals surface area contributed by atoms with E-state index in [1.165, 1.54) is 0 Å². The molecule has 2 rings (SSSR count). The van der Waals surface area contributed by atoms with Gasteiger partial charge in [0.05, 0.1) is 13.7 Å². The van der Waals surface area contributed by atoms with E-state index < -0.39 is 0 Å². The average molecular weight is 275 g/mol. The van der Waals surface area contributed by atoms with Crippen LogP contribution in [-0.2, 0) is 0 Å². The van der Waals surface area contributed by atoms with E-state index in [4.69, 9.17) is 14.6 Å². The predicted octanol–water partition coefficient (Wildman–Crippen LogP) is 1.91. The molecule has 0 saturated carbocycles. The SMILES string of the molecule is COc1ccnc(Nc2ccc(OCCO)c(C)c2)n1. The lowest BCUT2D eigenvalue weighted by molar-refractivity contribution is 0.200. The van der Waals surface area contributed by atoms with Crippen LogP contribution in [0, 0.1) is 6.92 Å². The first kappa shape index (κ1) is 14.1. The molecule has 0 radical (unpaired) electrons. The molecule has 6 nitrogen and oxygen atoms in total. The topological polar surface area (TPSA) is 76.5 Å². The fourth-order valence-corrected chi connectivity index (χ4v) is 1.69. The molecule has 0 bridgehead atoms. The maximum atomic E-state index is 8.75. The number of benzene rings is 1. The molecule has 0 fully saturated rings. The van der Waals surface area contributed by atoms with Gasteiger partial charge in [0.15, 0.2) is 0 Å². The lowest BCUT2D eigenvalue weighted by Gasteiger charge is -2.10. The van der Waals surface area contributed by atoms with Gasteiger partial charge in [-0.3, -0.25) is 0 Å². The van der Waals surface area contributed by atoms with Crippen LogP contribution in [0.15, 0.2) is 30.5 Å². The largest absolute Gasteiger partial charge is 0.491 e. The van der Waals surface area contributed by atoms with Crippen LogP contribution in [-0.4, -0.2) is 35.4 Å². The number of nitrogens with zero attached hydrogens (tertiary/aromatic N) is 2. The normalized spacial score (nSPS) is 10.2. The second kappa shape index (κ2) is 6.72. The van der Waals surface area contributed by atoms with Crippen molar-refractivity contribution in [3.63, 3.8) is 0 Å². The van der Waals surface area contributed by atoms with Crippen molar-refractivity contribution < 1.29 is 14.6 Å². The smallest absolute Gasteiger partial charge is 0.230 e. The summed E-state index contributed by atoms with van der Waals surface area (Å²) in [6, 6.07) is 7.31. The summed E-state index contributed by atoms with van der Waals surface area (Å²) in [6.45, 7) is 2.22. The molecule has 0 atom stereocenters. The molecule has 0 aliphatic carbocycles. The lowest BCUT2D eigenvalue weighted by atomic mass is 10.2. The first-order valence-electron chi connectivity index (χ1n) is 6.21. The second-order valence-corrected chi connectivity index (χ2v) is 4.10. The fraction of sp³-hybridized carbons (Fsp3) is 0.286. The van der Waals surface area contributed by atoms with E-state index in [9.17, 15) is 0 Å². The van der Waals surface area contributed by atoms with Gasteiger partial charge in [-0.25, -0.2) is 4.98 Å². The molecule has 0 unspecified atom stereocenters. The molecule has 1 aromatic heterocycles. The van der Waals surface area contributed by atoms with Gasteiger partial charge < -0.3 is 19.9 Å². The summed E-state index contributed by atoms with van der Waals surface area (Å²) < 4.78 is 10.4. The number of methoxy groups -OCH3 is 1. The van der Waals surface area contributed by atoms with E-state index in [1.54, 1.807) is 19.4 Å². The first-order chi connectivity index (χ1) is 9.72. The van der Waals surface area contributed by atoms with Crippen LogP contribution in [0.1, 0.15) is 5.56 Å². The molecular weight excluding hydrogens is 258 g/mol. The minimum Gasteiger partial charge on any atom is -0.491 e. The monoisotopic (exact) mass is 275 g/mol. The molecule has 0 amide bonds. The number of aromatic nitrogens is 2. The number of aliphatic hydroxyl groups is 1. The summed E-state index contributed by atoms with van der Waals surface area (Å²) in [5.41, 5.74) is 1.82. The van der Waals surface area contributed by atoms with Gasteiger partial charge in [-0.1, -0.05) is 0 Å². The molecule has 1 heterocycles. The maximum absolute atomic E-state index is 8.75. The highest BCUT2D eigenvalue weighted by molar-refractivity contribution is 5.57. The minimum absolute atomic E-state index is 0.00289. The van der Waals surface area contributed by atoms with Gasteiger partial charge in [-0.05, 0) is 30.7 Å². The Bertz CT molecular complexity index is 575. The third-order valence-corrected chi connectivity index (χ3v) is 2.62. The Kier molecular flexibility index (Phi) is 4.73. The van der Waals surface area contributed by atoms with E-state index >= 15 is 0 Å². The van der Waals surface area contributed by atoms with Gasteiger partial charge in [0.2, 0.25) is 11.8 Å². The molecule has 0 aliphatic heterocycles. The molecular formula is C14H17N3O3. The Morgan fingerprint density at radius 3 is 2.85 bits per heavy atom. The first-order valence-corrected chi connectivity index (χ1v) is 6.21. The van der Waals surface area contributed by atoms with Crippen molar-refractivity contribution in [3.05, 3.63) is 36.0 Å². The predicted molar refractivity (Wildman–Crippen MR) is 75.6 cm³/mol. The van der Waals surface area contributed by atoms with E-state index in [1.807, 2.05) is 25.1 Å². The highest BCUT2D eigenvalue weighted by atomic mass is 16.5. The van der Waals surface area contributed by atoms with Gasteiger partial charge >= 0.3 is 0 Å². The molecule has 2 N–H and O–H groups in total. The van der Waals surface area contributed by atoms with Crippen molar-refractivity contribution in [2.45, 2.75) is 6.92 Å². The number of nitrogens with one attached hydrogen (secondary N) is 1. The number of aliphatic hydroxyl groups excluding tert-OH is 1. The Balaban J connectivity index is 2.11. The molecule has 0 spiro atoms. The summed E-state index contributed by atoms with van der Waals surface area (Å²) in [4.78, 5) is 8.30. The molecule has 6 heteroatoms. The van der Waals surface area contributed by atoms with E-state index in [-0.39, 0.29) is 13.2 Å². The van der Waals surface area contributed by atoms with Gasteiger partial charge in [-0.15, -0.1) is 0 Å².